The van der Waals surface area contributed by atoms with Crippen LogP contribution in [0.4, 0.5) is 0 Å². The van der Waals surface area contributed by atoms with Crippen molar-refractivity contribution in [2.45, 2.75) is 20.3 Å². The number of aryl methyl sites for hydroxylation is 1. The van der Waals surface area contributed by atoms with Gasteiger partial charge in [0.15, 0.2) is 0 Å². The smallest absolute Gasteiger partial charge is 0.286 e. The van der Waals surface area contributed by atoms with E-state index in [1.807, 2.05) is 6.92 Å². The molecule has 4 heteroatoms. The summed E-state index contributed by atoms with van der Waals surface area (Å²) >= 11 is 0. The van der Waals surface area contributed by atoms with Crippen LogP contribution < -0.4 is 5.56 Å². The Balaban J connectivity index is 3.51. The van der Waals surface area contributed by atoms with Crippen LogP contribution in [0.3, 0.4) is 0 Å². The summed E-state index contributed by atoms with van der Waals surface area (Å²) in [6, 6.07) is 1.29. The number of rotatable bonds is 1. The lowest BCUT2D eigenvalue weighted by atomic mass is 10.1. The maximum atomic E-state index is 10.9. The summed E-state index contributed by atoms with van der Waals surface area (Å²) in [5, 5.41) is 18.3. The molecule has 0 saturated heterocycles. The number of hydrogen-bond donors (Lipinski definition) is 2. The maximum Gasteiger partial charge on any atom is 0.286 e. The Hall–Kier alpha value is -1.45. The van der Waals surface area contributed by atoms with Gasteiger partial charge in [0.2, 0.25) is 5.88 Å². The molecule has 1 heterocycles. The number of nitrogens with zero attached hydrogens (tertiary/aromatic N) is 1. The molecule has 1 aromatic rings. The van der Waals surface area contributed by atoms with E-state index in [1.54, 1.807) is 6.92 Å². The molecule has 0 atom stereocenters. The largest absolute Gasteiger partial charge is 0.492 e. The minimum Gasteiger partial charge on any atom is -0.492 e. The second-order valence-electron chi connectivity index (χ2n) is 2.63. The molecule has 0 bridgehead atoms. The van der Waals surface area contributed by atoms with Gasteiger partial charge in [-0.3, -0.25) is 4.79 Å². The summed E-state index contributed by atoms with van der Waals surface area (Å²) in [7, 11) is 0. The van der Waals surface area contributed by atoms with Gasteiger partial charge in [-0.05, 0) is 18.9 Å². The highest BCUT2D eigenvalue weighted by Crippen LogP contribution is 2.17. The first-order valence-corrected chi connectivity index (χ1v) is 3.71. The van der Waals surface area contributed by atoms with Crippen molar-refractivity contribution in [2.75, 3.05) is 0 Å². The van der Waals surface area contributed by atoms with Crippen LogP contribution in [0.2, 0.25) is 0 Å². The van der Waals surface area contributed by atoms with Gasteiger partial charge in [0.25, 0.3) is 5.56 Å². The Morgan fingerprint density at radius 2 is 2.17 bits per heavy atom. The molecule has 0 aliphatic rings. The molecule has 66 valence electrons. The van der Waals surface area contributed by atoms with Crippen LogP contribution in [0.1, 0.15) is 18.1 Å². The lowest BCUT2D eigenvalue weighted by Gasteiger charge is -2.07. The first-order chi connectivity index (χ1) is 5.57. The van der Waals surface area contributed by atoms with E-state index in [4.69, 9.17) is 5.21 Å². The summed E-state index contributed by atoms with van der Waals surface area (Å²) < 4.78 is 0.256. The Labute approximate surface area is 69.7 Å². The zero-order chi connectivity index (χ0) is 9.30. The fourth-order valence-electron chi connectivity index (χ4n) is 1.18. The third-order valence-electron chi connectivity index (χ3n) is 1.85. The average molecular weight is 169 g/mol. The fraction of sp³-hybridized carbons (Fsp3) is 0.375. The van der Waals surface area contributed by atoms with Crippen molar-refractivity contribution in [3.63, 3.8) is 0 Å². The van der Waals surface area contributed by atoms with Gasteiger partial charge >= 0.3 is 0 Å². The van der Waals surface area contributed by atoms with Gasteiger partial charge < -0.3 is 10.3 Å². The molecule has 0 aromatic carbocycles. The third-order valence-corrected chi connectivity index (χ3v) is 1.85. The van der Waals surface area contributed by atoms with Gasteiger partial charge in [-0.25, -0.2) is 0 Å². The predicted molar refractivity (Wildman–Crippen MR) is 43.7 cm³/mol. The monoisotopic (exact) mass is 169 g/mol. The van der Waals surface area contributed by atoms with E-state index < -0.39 is 5.56 Å². The van der Waals surface area contributed by atoms with Crippen molar-refractivity contribution in [3.05, 3.63) is 27.5 Å². The zero-order valence-electron chi connectivity index (χ0n) is 7.03. The van der Waals surface area contributed by atoms with Gasteiger partial charge in [-0.2, -0.15) is 0 Å². The summed E-state index contributed by atoms with van der Waals surface area (Å²) in [6.45, 7) is 3.56. The average Bonchev–Trinajstić information content (AvgIpc) is 2.01. The standard InChI is InChI=1S/C8H11NO3/c1-3-6-5(2)4-7(10)9(12)8(6)11/h4,11-12H,3H2,1-2H3. The molecule has 0 fully saturated rings. The highest BCUT2D eigenvalue weighted by Gasteiger charge is 2.09. The summed E-state index contributed by atoms with van der Waals surface area (Å²) in [5.74, 6) is -0.359. The quantitative estimate of drug-likeness (QED) is 0.607. The maximum absolute atomic E-state index is 10.9. The topological polar surface area (TPSA) is 62.5 Å². The van der Waals surface area contributed by atoms with E-state index in [0.29, 0.717) is 17.5 Å². The van der Waals surface area contributed by atoms with Crippen LogP contribution >= 0.6 is 0 Å². The lowest BCUT2D eigenvalue weighted by molar-refractivity contribution is 0.141. The van der Waals surface area contributed by atoms with Crippen molar-refractivity contribution >= 4 is 0 Å². The van der Waals surface area contributed by atoms with E-state index in [0.717, 1.165) is 0 Å². The molecular weight excluding hydrogens is 158 g/mol. The Morgan fingerprint density at radius 1 is 1.58 bits per heavy atom. The minimum absolute atomic E-state index is 0.256. The van der Waals surface area contributed by atoms with Crippen molar-refractivity contribution in [1.29, 1.82) is 0 Å². The molecule has 1 rings (SSSR count). The fourth-order valence-corrected chi connectivity index (χ4v) is 1.18. The first kappa shape index (κ1) is 8.64. The van der Waals surface area contributed by atoms with E-state index in [-0.39, 0.29) is 10.6 Å². The Kier molecular flexibility index (Phi) is 2.08. The number of hydrogen-bond acceptors (Lipinski definition) is 3. The van der Waals surface area contributed by atoms with Crippen LogP contribution in [0.5, 0.6) is 5.88 Å². The Morgan fingerprint density at radius 3 is 2.67 bits per heavy atom. The predicted octanol–water partition coefficient (Wildman–Crippen LogP) is 0.662. The summed E-state index contributed by atoms with van der Waals surface area (Å²) in [6.07, 6.45) is 0.582. The van der Waals surface area contributed by atoms with E-state index in [1.165, 1.54) is 6.07 Å². The normalized spacial score (nSPS) is 10.2. The molecule has 0 spiro atoms. The Bertz CT molecular complexity index is 354. The SMILES string of the molecule is CCc1c(C)cc(=O)n(O)c1O. The van der Waals surface area contributed by atoms with Gasteiger partial charge in [0, 0.05) is 11.6 Å². The van der Waals surface area contributed by atoms with Gasteiger partial charge in [-0.1, -0.05) is 6.92 Å². The van der Waals surface area contributed by atoms with Crippen LogP contribution in [0, 0.1) is 6.92 Å². The molecule has 12 heavy (non-hydrogen) atoms. The van der Waals surface area contributed by atoms with Crippen molar-refractivity contribution < 1.29 is 10.3 Å². The highest BCUT2D eigenvalue weighted by atomic mass is 16.5. The van der Waals surface area contributed by atoms with Crippen LogP contribution in [0.25, 0.3) is 0 Å². The number of pyridine rings is 1. The van der Waals surface area contributed by atoms with Gasteiger partial charge in [0.1, 0.15) is 0 Å². The van der Waals surface area contributed by atoms with Crippen molar-refractivity contribution in [2.24, 2.45) is 0 Å². The molecule has 0 aliphatic heterocycles. The molecule has 1 aromatic heterocycles. The second-order valence-corrected chi connectivity index (χ2v) is 2.63. The highest BCUT2D eigenvalue weighted by molar-refractivity contribution is 5.32. The zero-order valence-corrected chi connectivity index (χ0v) is 7.03. The van der Waals surface area contributed by atoms with E-state index in [9.17, 15) is 9.90 Å². The van der Waals surface area contributed by atoms with Gasteiger partial charge in [-0.15, -0.1) is 4.73 Å². The molecule has 0 amide bonds. The summed E-state index contributed by atoms with van der Waals surface area (Å²) in [4.78, 5) is 10.9. The molecule has 0 saturated carbocycles. The number of aromatic nitrogens is 1. The molecule has 0 unspecified atom stereocenters. The second kappa shape index (κ2) is 2.89. The molecule has 2 N–H and O–H groups in total. The first-order valence-electron chi connectivity index (χ1n) is 3.71. The summed E-state index contributed by atoms with van der Waals surface area (Å²) in [5.41, 5.74) is 0.685. The third kappa shape index (κ3) is 1.15. The molecular formula is C8H11NO3. The van der Waals surface area contributed by atoms with Crippen molar-refractivity contribution in [3.8, 4) is 5.88 Å². The molecule has 0 aliphatic carbocycles. The van der Waals surface area contributed by atoms with E-state index >= 15 is 0 Å². The molecule has 4 nitrogen and oxygen atoms in total. The van der Waals surface area contributed by atoms with Crippen LogP contribution in [-0.4, -0.2) is 15.0 Å². The molecule has 0 radical (unpaired) electrons. The number of aromatic hydroxyl groups is 1. The van der Waals surface area contributed by atoms with Crippen LogP contribution in [-0.2, 0) is 6.42 Å². The van der Waals surface area contributed by atoms with Crippen molar-refractivity contribution in [1.82, 2.24) is 4.73 Å². The van der Waals surface area contributed by atoms with Crippen LogP contribution in [0.15, 0.2) is 10.9 Å². The lowest BCUT2D eigenvalue weighted by Crippen LogP contribution is -2.18. The van der Waals surface area contributed by atoms with Gasteiger partial charge in [0.05, 0.1) is 0 Å². The minimum atomic E-state index is -0.609. The van der Waals surface area contributed by atoms with E-state index in [2.05, 4.69) is 0 Å².